The van der Waals surface area contributed by atoms with Crippen molar-refractivity contribution in [3.05, 3.63) is 12.2 Å². The Morgan fingerprint density at radius 1 is 1.44 bits per heavy atom. The van der Waals surface area contributed by atoms with Gasteiger partial charge in [0.05, 0.1) is 0 Å². The van der Waals surface area contributed by atoms with Gasteiger partial charge in [0.2, 0.25) is 0 Å². The molecule has 0 aliphatic carbocycles. The lowest BCUT2D eigenvalue weighted by Crippen LogP contribution is -2.35. The zero-order valence-electron chi connectivity index (χ0n) is 6.86. The second-order valence-corrected chi connectivity index (χ2v) is 2.91. The zero-order chi connectivity index (χ0) is 7.33. The highest BCUT2D eigenvalue weighted by Gasteiger charge is 2.10. The molecule has 0 saturated heterocycles. The molecule has 1 heteroatoms. The number of hydrogen-bond acceptors (Lipinski definition) is 1. The van der Waals surface area contributed by atoms with E-state index in [9.17, 15) is 0 Å². The van der Waals surface area contributed by atoms with Crippen LogP contribution in [0.3, 0.4) is 0 Å². The molecule has 0 saturated carbocycles. The predicted molar refractivity (Wildman–Crippen MR) is 42.6 cm³/mol. The summed E-state index contributed by atoms with van der Waals surface area (Å²) in [4.78, 5) is 0. The van der Waals surface area contributed by atoms with Crippen molar-refractivity contribution in [1.29, 1.82) is 0 Å². The van der Waals surface area contributed by atoms with E-state index < -0.39 is 0 Å². The summed E-state index contributed by atoms with van der Waals surface area (Å²) in [6.45, 7) is 6.42. The van der Waals surface area contributed by atoms with E-state index in [1.807, 2.05) is 14.0 Å². The first kappa shape index (κ1) is 8.70. The van der Waals surface area contributed by atoms with E-state index in [0.717, 1.165) is 6.42 Å². The molecule has 0 rings (SSSR count). The number of nitrogens with one attached hydrogen (secondary N) is 1. The first-order valence-corrected chi connectivity index (χ1v) is 3.42. The molecule has 0 aromatic rings. The molecule has 0 heterocycles. The summed E-state index contributed by atoms with van der Waals surface area (Å²) in [6.07, 6.45) is 5.36. The highest BCUT2D eigenvalue weighted by molar-refractivity contribution is 4.88. The van der Waals surface area contributed by atoms with Gasteiger partial charge in [-0.3, -0.25) is 0 Å². The Labute approximate surface area is 58.2 Å². The van der Waals surface area contributed by atoms with E-state index in [4.69, 9.17) is 0 Å². The minimum atomic E-state index is 0.256. The van der Waals surface area contributed by atoms with Crippen molar-refractivity contribution >= 4 is 0 Å². The lowest BCUT2D eigenvalue weighted by atomic mass is 10.0. The molecule has 1 nitrogen and oxygen atoms in total. The van der Waals surface area contributed by atoms with Crippen LogP contribution in [0, 0.1) is 0 Å². The Morgan fingerprint density at radius 2 is 2.00 bits per heavy atom. The van der Waals surface area contributed by atoms with Crippen molar-refractivity contribution in [2.24, 2.45) is 0 Å². The van der Waals surface area contributed by atoms with E-state index >= 15 is 0 Å². The molecular formula is C8H17N. The third-order valence-electron chi connectivity index (χ3n) is 1.54. The molecular weight excluding hydrogens is 110 g/mol. The lowest BCUT2D eigenvalue weighted by molar-refractivity contribution is 0.430. The third kappa shape index (κ3) is 4.22. The summed E-state index contributed by atoms with van der Waals surface area (Å²) in [5.41, 5.74) is 0.256. The fourth-order valence-electron chi connectivity index (χ4n) is 0.515. The number of rotatable bonds is 3. The maximum absolute atomic E-state index is 3.22. The van der Waals surface area contributed by atoms with E-state index in [2.05, 4.69) is 31.3 Å². The second-order valence-electron chi connectivity index (χ2n) is 2.91. The Morgan fingerprint density at radius 3 is 2.33 bits per heavy atom. The van der Waals surface area contributed by atoms with Crippen LogP contribution in [0.15, 0.2) is 12.2 Å². The molecule has 0 amide bonds. The lowest BCUT2D eigenvalue weighted by Gasteiger charge is -2.21. The fraction of sp³-hybridized carbons (Fsp3) is 0.750. The highest BCUT2D eigenvalue weighted by atomic mass is 14.9. The van der Waals surface area contributed by atoms with E-state index in [1.165, 1.54) is 0 Å². The summed E-state index contributed by atoms with van der Waals surface area (Å²) in [7, 11) is 1.99. The van der Waals surface area contributed by atoms with Crippen LogP contribution in [-0.2, 0) is 0 Å². The molecule has 0 aliphatic heterocycles. The molecule has 0 aliphatic rings. The van der Waals surface area contributed by atoms with Crippen LogP contribution in [0.5, 0.6) is 0 Å². The monoisotopic (exact) mass is 127 g/mol. The van der Waals surface area contributed by atoms with Crippen molar-refractivity contribution in [2.45, 2.75) is 32.7 Å². The van der Waals surface area contributed by atoms with E-state index in [0.29, 0.717) is 0 Å². The summed E-state index contributed by atoms with van der Waals surface area (Å²) in [5.74, 6) is 0. The van der Waals surface area contributed by atoms with Crippen LogP contribution < -0.4 is 5.32 Å². The van der Waals surface area contributed by atoms with Gasteiger partial charge >= 0.3 is 0 Å². The Bertz CT molecular complexity index is 92.7. The fourth-order valence-corrected chi connectivity index (χ4v) is 0.515. The molecule has 9 heavy (non-hydrogen) atoms. The van der Waals surface area contributed by atoms with E-state index in [-0.39, 0.29) is 5.54 Å². The quantitative estimate of drug-likeness (QED) is 0.571. The van der Waals surface area contributed by atoms with Crippen molar-refractivity contribution in [1.82, 2.24) is 5.32 Å². The van der Waals surface area contributed by atoms with E-state index in [1.54, 1.807) is 0 Å². The topological polar surface area (TPSA) is 12.0 Å². The third-order valence-corrected chi connectivity index (χ3v) is 1.54. The van der Waals surface area contributed by atoms with Crippen LogP contribution in [0.1, 0.15) is 27.2 Å². The van der Waals surface area contributed by atoms with Crippen LogP contribution in [0.2, 0.25) is 0 Å². The van der Waals surface area contributed by atoms with Gasteiger partial charge in [-0.05, 0) is 34.2 Å². The zero-order valence-corrected chi connectivity index (χ0v) is 6.86. The van der Waals surface area contributed by atoms with Gasteiger partial charge in [-0.2, -0.15) is 0 Å². The normalized spacial score (nSPS) is 12.9. The molecule has 0 unspecified atom stereocenters. The van der Waals surface area contributed by atoms with Crippen molar-refractivity contribution in [2.75, 3.05) is 7.05 Å². The second kappa shape index (κ2) is 3.67. The average molecular weight is 127 g/mol. The largest absolute Gasteiger partial charge is 0.315 e. The molecule has 0 spiro atoms. The van der Waals surface area contributed by atoms with Crippen molar-refractivity contribution in [3.63, 3.8) is 0 Å². The summed E-state index contributed by atoms with van der Waals surface area (Å²) in [5, 5.41) is 3.22. The standard InChI is InChI=1S/C8H17N/c1-5-6-7-8(2,3)9-4/h5-6,9H,7H2,1-4H3/b6-5+. The van der Waals surface area contributed by atoms with Crippen molar-refractivity contribution in [3.8, 4) is 0 Å². The average Bonchev–Trinajstić information content (AvgIpc) is 1.84. The van der Waals surface area contributed by atoms with Gasteiger partial charge < -0.3 is 5.32 Å². The minimum absolute atomic E-state index is 0.256. The first-order chi connectivity index (χ1) is 4.12. The van der Waals surface area contributed by atoms with Crippen molar-refractivity contribution < 1.29 is 0 Å². The Kier molecular flexibility index (Phi) is 3.55. The molecule has 1 N–H and O–H groups in total. The molecule has 0 aromatic heterocycles. The summed E-state index contributed by atoms with van der Waals surface area (Å²) < 4.78 is 0. The van der Waals surface area contributed by atoms with Gasteiger partial charge in [0.1, 0.15) is 0 Å². The summed E-state index contributed by atoms with van der Waals surface area (Å²) >= 11 is 0. The van der Waals surface area contributed by atoms with Crippen LogP contribution in [-0.4, -0.2) is 12.6 Å². The maximum Gasteiger partial charge on any atom is 0.0156 e. The van der Waals surface area contributed by atoms with Gasteiger partial charge in [-0.15, -0.1) is 0 Å². The SMILES string of the molecule is C/C=C/CC(C)(C)NC. The maximum atomic E-state index is 3.22. The molecule has 0 radical (unpaired) electrons. The Balaban J connectivity index is 3.58. The molecule has 0 atom stereocenters. The van der Waals surface area contributed by atoms with Gasteiger partial charge in [-0.25, -0.2) is 0 Å². The number of allylic oxidation sites excluding steroid dienone is 1. The highest BCUT2D eigenvalue weighted by Crippen LogP contribution is 2.06. The smallest absolute Gasteiger partial charge is 0.0156 e. The van der Waals surface area contributed by atoms with Crippen LogP contribution in [0.25, 0.3) is 0 Å². The first-order valence-electron chi connectivity index (χ1n) is 3.42. The minimum Gasteiger partial charge on any atom is -0.315 e. The van der Waals surface area contributed by atoms with Gasteiger partial charge in [-0.1, -0.05) is 12.2 Å². The Hall–Kier alpha value is -0.300. The molecule has 54 valence electrons. The molecule has 0 fully saturated rings. The van der Waals surface area contributed by atoms with Gasteiger partial charge in [0.15, 0.2) is 0 Å². The predicted octanol–water partition coefficient (Wildman–Crippen LogP) is 1.95. The van der Waals surface area contributed by atoms with Gasteiger partial charge in [0.25, 0.3) is 0 Å². The van der Waals surface area contributed by atoms with Gasteiger partial charge in [0, 0.05) is 5.54 Å². The van der Waals surface area contributed by atoms with Crippen LogP contribution >= 0.6 is 0 Å². The molecule has 0 bridgehead atoms. The summed E-state index contributed by atoms with van der Waals surface area (Å²) in [6, 6.07) is 0. The van der Waals surface area contributed by atoms with Crippen LogP contribution in [0.4, 0.5) is 0 Å². The number of hydrogen-bond donors (Lipinski definition) is 1. The molecule has 0 aromatic carbocycles.